The molecule has 0 saturated carbocycles. The summed E-state index contributed by atoms with van der Waals surface area (Å²) < 4.78 is 5.35. The molecule has 0 radical (unpaired) electrons. The van der Waals surface area contributed by atoms with Crippen LogP contribution in [-0.4, -0.2) is 31.1 Å². The van der Waals surface area contributed by atoms with Crippen molar-refractivity contribution >= 4 is 0 Å². The number of methoxy groups -OCH3 is 1. The highest BCUT2D eigenvalue weighted by atomic mass is 16.5. The van der Waals surface area contributed by atoms with Crippen molar-refractivity contribution in [2.24, 2.45) is 5.73 Å². The third-order valence-corrected chi connectivity index (χ3v) is 4.73. The van der Waals surface area contributed by atoms with Crippen LogP contribution < -0.4 is 10.5 Å². The third-order valence-electron chi connectivity index (χ3n) is 4.73. The molecule has 2 unspecified atom stereocenters. The van der Waals surface area contributed by atoms with Crippen LogP contribution in [-0.2, 0) is 6.42 Å². The second-order valence-corrected chi connectivity index (χ2v) is 5.74. The highest BCUT2D eigenvalue weighted by Gasteiger charge is 2.33. The molecule has 3 rings (SSSR count). The zero-order valence-corrected chi connectivity index (χ0v) is 11.8. The maximum atomic E-state index is 5.93. The maximum absolute atomic E-state index is 5.93. The first-order valence-electron chi connectivity index (χ1n) is 7.46. The Labute approximate surface area is 115 Å². The fourth-order valence-electron chi connectivity index (χ4n) is 3.76. The van der Waals surface area contributed by atoms with Gasteiger partial charge in [-0.2, -0.15) is 0 Å². The first-order chi connectivity index (χ1) is 9.33. The van der Waals surface area contributed by atoms with Gasteiger partial charge in [0, 0.05) is 18.6 Å². The summed E-state index contributed by atoms with van der Waals surface area (Å²) in [7, 11) is 1.74. The van der Waals surface area contributed by atoms with Crippen molar-refractivity contribution in [3.05, 3.63) is 29.3 Å². The predicted octanol–water partition coefficient (Wildman–Crippen LogP) is 2.50. The van der Waals surface area contributed by atoms with Crippen molar-refractivity contribution in [3.63, 3.8) is 0 Å². The predicted molar refractivity (Wildman–Crippen MR) is 77.5 cm³/mol. The monoisotopic (exact) mass is 260 g/mol. The molecule has 2 aliphatic rings. The smallest absolute Gasteiger partial charge is 0.119 e. The van der Waals surface area contributed by atoms with Crippen LogP contribution in [0.15, 0.2) is 18.2 Å². The molecule has 2 atom stereocenters. The van der Waals surface area contributed by atoms with Crippen LogP contribution in [0.25, 0.3) is 0 Å². The molecule has 0 bridgehead atoms. The Morgan fingerprint density at radius 3 is 3.00 bits per heavy atom. The number of hydrogen-bond donors (Lipinski definition) is 1. The van der Waals surface area contributed by atoms with E-state index in [1.54, 1.807) is 7.11 Å². The zero-order valence-electron chi connectivity index (χ0n) is 11.8. The summed E-state index contributed by atoms with van der Waals surface area (Å²) >= 11 is 0. The molecule has 1 heterocycles. The van der Waals surface area contributed by atoms with Crippen LogP contribution in [0.5, 0.6) is 5.75 Å². The standard InChI is InChI=1S/C16H24N2O/c1-19-14-7-8-15-12(10-14)4-2-6-16(15)18-9-3-5-13(18)11-17/h7-8,10,13,16H,2-6,9,11,17H2,1H3. The molecule has 1 fully saturated rings. The average Bonchev–Trinajstić information content (AvgIpc) is 2.94. The Kier molecular flexibility index (Phi) is 3.76. The lowest BCUT2D eigenvalue weighted by atomic mass is 9.86. The topological polar surface area (TPSA) is 38.5 Å². The molecule has 1 saturated heterocycles. The SMILES string of the molecule is COc1ccc2c(c1)CCCC2N1CCCC1CN. The normalized spacial score (nSPS) is 27.3. The zero-order chi connectivity index (χ0) is 13.2. The molecular formula is C16H24N2O. The first-order valence-corrected chi connectivity index (χ1v) is 7.46. The summed E-state index contributed by atoms with van der Waals surface area (Å²) in [6.45, 7) is 2.00. The fraction of sp³-hybridized carbons (Fsp3) is 0.625. The van der Waals surface area contributed by atoms with Gasteiger partial charge in [-0.1, -0.05) is 6.07 Å². The number of fused-ring (bicyclic) bond motifs is 1. The summed E-state index contributed by atoms with van der Waals surface area (Å²) in [6.07, 6.45) is 6.29. The van der Waals surface area contributed by atoms with E-state index in [-0.39, 0.29) is 0 Å². The Morgan fingerprint density at radius 1 is 1.32 bits per heavy atom. The van der Waals surface area contributed by atoms with E-state index in [2.05, 4.69) is 23.1 Å². The number of ether oxygens (including phenoxy) is 1. The van der Waals surface area contributed by atoms with Gasteiger partial charge in [-0.05, 0) is 61.9 Å². The summed E-state index contributed by atoms with van der Waals surface area (Å²) in [6, 6.07) is 7.74. The molecule has 0 amide bonds. The quantitative estimate of drug-likeness (QED) is 0.907. The number of nitrogens with two attached hydrogens (primary N) is 1. The second-order valence-electron chi connectivity index (χ2n) is 5.74. The van der Waals surface area contributed by atoms with Crippen LogP contribution >= 0.6 is 0 Å². The van der Waals surface area contributed by atoms with Crippen molar-refractivity contribution in [1.29, 1.82) is 0 Å². The lowest BCUT2D eigenvalue weighted by Crippen LogP contribution is -2.39. The van der Waals surface area contributed by atoms with Crippen LogP contribution in [0.2, 0.25) is 0 Å². The summed E-state index contributed by atoms with van der Waals surface area (Å²) in [5, 5.41) is 0. The number of rotatable bonds is 3. The summed E-state index contributed by atoms with van der Waals surface area (Å²) in [5.41, 5.74) is 8.91. The lowest BCUT2D eigenvalue weighted by Gasteiger charge is -2.36. The van der Waals surface area contributed by atoms with Gasteiger partial charge in [0.15, 0.2) is 0 Å². The molecule has 2 N–H and O–H groups in total. The van der Waals surface area contributed by atoms with Crippen LogP contribution in [0.3, 0.4) is 0 Å². The fourth-order valence-corrected chi connectivity index (χ4v) is 3.76. The Hall–Kier alpha value is -1.06. The van der Waals surface area contributed by atoms with E-state index in [1.807, 2.05) is 0 Å². The maximum Gasteiger partial charge on any atom is 0.119 e. The summed E-state index contributed by atoms with van der Waals surface area (Å²) in [4.78, 5) is 2.64. The lowest BCUT2D eigenvalue weighted by molar-refractivity contribution is 0.166. The molecule has 3 nitrogen and oxygen atoms in total. The minimum atomic E-state index is 0.575. The van der Waals surface area contributed by atoms with Gasteiger partial charge in [-0.25, -0.2) is 0 Å². The Morgan fingerprint density at radius 2 is 2.21 bits per heavy atom. The second kappa shape index (κ2) is 5.51. The highest BCUT2D eigenvalue weighted by molar-refractivity contribution is 5.39. The third kappa shape index (κ3) is 2.37. The van der Waals surface area contributed by atoms with Crippen LogP contribution in [0.1, 0.15) is 42.9 Å². The number of likely N-dealkylation sites (tertiary alicyclic amines) is 1. The number of aryl methyl sites for hydroxylation is 1. The van der Waals surface area contributed by atoms with Gasteiger partial charge in [-0.15, -0.1) is 0 Å². The largest absolute Gasteiger partial charge is 0.497 e. The first kappa shape index (κ1) is 12.9. The van der Waals surface area contributed by atoms with E-state index in [4.69, 9.17) is 10.5 Å². The van der Waals surface area contributed by atoms with E-state index in [0.717, 1.165) is 12.3 Å². The van der Waals surface area contributed by atoms with Gasteiger partial charge >= 0.3 is 0 Å². The molecule has 1 aliphatic carbocycles. The molecule has 104 valence electrons. The molecule has 0 aromatic heterocycles. The number of benzene rings is 1. The van der Waals surface area contributed by atoms with Gasteiger partial charge in [0.1, 0.15) is 5.75 Å². The van der Waals surface area contributed by atoms with Crippen molar-refractivity contribution in [3.8, 4) is 5.75 Å². The van der Waals surface area contributed by atoms with Gasteiger partial charge in [0.05, 0.1) is 7.11 Å². The summed E-state index contributed by atoms with van der Waals surface area (Å²) in [5.74, 6) is 0.983. The molecule has 3 heteroatoms. The van der Waals surface area contributed by atoms with E-state index < -0.39 is 0 Å². The van der Waals surface area contributed by atoms with Crippen LogP contribution in [0.4, 0.5) is 0 Å². The highest BCUT2D eigenvalue weighted by Crippen LogP contribution is 2.39. The minimum absolute atomic E-state index is 0.575. The van der Waals surface area contributed by atoms with E-state index in [9.17, 15) is 0 Å². The molecule has 1 aromatic carbocycles. The van der Waals surface area contributed by atoms with E-state index in [0.29, 0.717) is 12.1 Å². The molecule has 1 aromatic rings. The number of hydrogen-bond acceptors (Lipinski definition) is 3. The molecule has 19 heavy (non-hydrogen) atoms. The van der Waals surface area contributed by atoms with Gasteiger partial charge in [0.25, 0.3) is 0 Å². The van der Waals surface area contributed by atoms with Gasteiger partial charge < -0.3 is 10.5 Å². The van der Waals surface area contributed by atoms with Gasteiger partial charge in [0.2, 0.25) is 0 Å². The van der Waals surface area contributed by atoms with E-state index in [1.165, 1.54) is 49.8 Å². The van der Waals surface area contributed by atoms with Crippen molar-refractivity contribution in [1.82, 2.24) is 4.90 Å². The average molecular weight is 260 g/mol. The Bertz CT molecular complexity index is 446. The molecule has 0 spiro atoms. The minimum Gasteiger partial charge on any atom is -0.497 e. The van der Waals surface area contributed by atoms with Crippen molar-refractivity contribution < 1.29 is 4.74 Å². The molecular weight excluding hydrogens is 236 g/mol. The van der Waals surface area contributed by atoms with Crippen LogP contribution in [0, 0.1) is 0 Å². The molecule has 1 aliphatic heterocycles. The Balaban J connectivity index is 1.89. The van der Waals surface area contributed by atoms with Crippen molar-refractivity contribution in [2.45, 2.75) is 44.2 Å². The van der Waals surface area contributed by atoms with Crippen molar-refractivity contribution in [2.75, 3.05) is 20.2 Å². The number of nitrogens with zero attached hydrogens (tertiary/aromatic N) is 1. The van der Waals surface area contributed by atoms with E-state index >= 15 is 0 Å². The van der Waals surface area contributed by atoms with Gasteiger partial charge in [-0.3, -0.25) is 4.90 Å².